The van der Waals surface area contributed by atoms with Crippen LogP contribution >= 0.6 is 11.8 Å². The Bertz CT molecular complexity index is 1200. The maximum atomic E-state index is 13.2. The maximum Gasteiger partial charge on any atom is 0.274 e. The third-order valence-corrected chi connectivity index (χ3v) is 5.67. The van der Waals surface area contributed by atoms with E-state index in [2.05, 4.69) is 4.98 Å². The summed E-state index contributed by atoms with van der Waals surface area (Å²) in [6.07, 6.45) is 0. The highest BCUT2D eigenvalue weighted by Gasteiger charge is 2.24. The van der Waals surface area contributed by atoms with Gasteiger partial charge in [-0.2, -0.15) is 5.26 Å². The van der Waals surface area contributed by atoms with Crippen LogP contribution in [0.25, 0.3) is 11.3 Å². The molecule has 0 saturated carbocycles. The minimum atomic E-state index is -0.436. The summed E-state index contributed by atoms with van der Waals surface area (Å²) in [5.74, 6) is 0.144. The van der Waals surface area contributed by atoms with Gasteiger partial charge < -0.3 is 4.90 Å². The van der Waals surface area contributed by atoms with Gasteiger partial charge in [0.15, 0.2) is 10.9 Å². The fourth-order valence-corrected chi connectivity index (χ4v) is 4.05. The fourth-order valence-electron chi connectivity index (χ4n) is 3.10. The zero-order valence-electron chi connectivity index (χ0n) is 15.4. The summed E-state index contributed by atoms with van der Waals surface area (Å²) in [6, 6.07) is 14.7. The first-order valence-electron chi connectivity index (χ1n) is 8.77. The Labute approximate surface area is 170 Å². The van der Waals surface area contributed by atoms with Crippen LogP contribution in [-0.2, 0) is 6.67 Å². The smallest absolute Gasteiger partial charge is 0.274 e. The lowest BCUT2D eigenvalue weighted by Gasteiger charge is -2.31. The lowest BCUT2D eigenvalue weighted by molar-refractivity contribution is 0.101. The summed E-state index contributed by atoms with van der Waals surface area (Å²) in [5, 5.41) is 10.1. The first-order valence-corrected chi connectivity index (χ1v) is 9.76. The molecule has 0 saturated heterocycles. The normalized spacial score (nSPS) is 12.9. The van der Waals surface area contributed by atoms with E-state index in [0.717, 1.165) is 5.69 Å². The molecule has 0 atom stereocenters. The molecule has 1 aliphatic rings. The van der Waals surface area contributed by atoms with E-state index in [1.54, 1.807) is 12.1 Å². The lowest BCUT2D eigenvalue weighted by Crippen LogP contribution is -2.38. The molecule has 2 heterocycles. The van der Waals surface area contributed by atoms with Crippen molar-refractivity contribution in [3.8, 4) is 17.3 Å². The van der Waals surface area contributed by atoms with Crippen LogP contribution in [0.2, 0.25) is 0 Å². The summed E-state index contributed by atoms with van der Waals surface area (Å²) in [7, 11) is 0. The molecular formula is C21H15FN4O2S. The van der Waals surface area contributed by atoms with Gasteiger partial charge in [-0.3, -0.25) is 14.2 Å². The number of hydrogen-bond donors (Lipinski definition) is 0. The van der Waals surface area contributed by atoms with E-state index in [9.17, 15) is 19.2 Å². The lowest BCUT2D eigenvalue weighted by atomic mass is 10.1. The summed E-state index contributed by atoms with van der Waals surface area (Å²) in [5.41, 5.74) is 1.75. The van der Waals surface area contributed by atoms with Crippen LogP contribution in [-0.4, -0.2) is 21.2 Å². The Morgan fingerprint density at radius 3 is 2.48 bits per heavy atom. The Balaban J connectivity index is 1.72. The van der Waals surface area contributed by atoms with Crippen LogP contribution in [0, 0.1) is 17.1 Å². The summed E-state index contributed by atoms with van der Waals surface area (Å²) in [6.45, 7) is 1.75. The zero-order chi connectivity index (χ0) is 20.5. The number of nitriles is 1. The predicted octanol–water partition coefficient (Wildman–Crippen LogP) is 3.65. The van der Waals surface area contributed by atoms with Crippen molar-refractivity contribution in [2.75, 3.05) is 10.8 Å². The number of benzene rings is 2. The van der Waals surface area contributed by atoms with Gasteiger partial charge in [-0.05, 0) is 55.5 Å². The Hall–Kier alpha value is -3.44. The van der Waals surface area contributed by atoms with Crippen LogP contribution in [0.3, 0.4) is 0 Å². The monoisotopic (exact) mass is 406 g/mol. The van der Waals surface area contributed by atoms with Crippen molar-refractivity contribution >= 4 is 23.2 Å². The van der Waals surface area contributed by atoms with Gasteiger partial charge in [0, 0.05) is 16.8 Å². The molecule has 1 aliphatic heterocycles. The molecule has 0 amide bonds. The number of Topliss-reactive ketones (excluding diaryl/α,β-unsaturated/α-hetero) is 1. The molecule has 0 aliphatic carbocycles. The SMILES string of the molecule is CC(=O)c1ccc(N2CSc3nc(-c4ccc(F)cc4)c(C#N)c(=O)n3C2)cc1. The van der Waals surface area contributed by atoms with Crippen molar-refractivity contribution in [3.63, 3.8) is 0 Å². The second kappa shape index (κ2) is 7.53. The van der Waals surface area contributed by atoms with Crippen molar-refractivity contribution < 1.29 is 9.18 Å². The Morgan fingerprint density at radius 1 is 1.17 bits per heavy atom. The van der Waals surface area contributed by atoms with Gasteiger partial charge in [0.1, 0.15) is 24.1 Å². The fraction of sp³-hybridized carbons (Fsp3) is 0.143. The van der Waals surface area contributed by atoms with Crippen molar-refractivity contribution in [1.82, 2.24) is 9.55 Å². The number of carbonyl (C=O) groups excluding carboxylic acids is 1. The average Bonchev–Trinajstić information content (AvgIpc) is 2.74. The number of halogens is 1. The highest BCUT2D eigenvalue weighted by Crippen LogP contribution is 2.29. The highest BCUT2D eigenvalue weighted by atomic mass is 32.2. The number of anilines is 1. The van der Waals surface area contributed by atoms with Gasteiger partial charge in [-0.15, -0.1) is 0 Å². The van der Waals surface area contributed by atoms with Gasteiger partial charge in [-0.1, -0.05) is 11.8 Å². The maximum absolute atomic E-state index is 13.2. The number of ketones is 1. The number of aromatic nitrogens is 2. The van der Waals surface area contributed by atoms with Crippen molar-refractivity contribution in [1.29, 1.82) is 5.26 Å². The molecule has 29 heavy (non-hydrogen) atoms. The second-order valence-corrected chi connectivity index (χ2v) is 7.44. The van der Waals surface area contributed by atoms with E-state index in [-0.39, 0.29) is 23.7 Å². The minimum Gasteiger partial charge on any atom is -0.343 e. The van der Waals surface area contributed by atoms with Crippen LogP contribution in [0.4, 0.5) is 10.1 Å². The first kappa shape index (κ1) is 18.9. The molecule has 144 valence electrons. The third kappa shape index (κ3) is 3.52. The van der Waals surface area contributed by atoms with Gasteiger partial charge in [0.05, 0.1) is 11.6 Å². The highest BCUT2D eigenvalue weighted by molar-refractivity contribution is 7.99. The van der Waals surface area contributed by atoms with Crippen molar-refractivity contribution in [2.24, 2.45) is 0 Å². The van der Waals surface area contributed by atoms with Gasteiger partial charge in [-0.25, -0.2) is 9.37 Å². The molecule has 0 unspecified atom stereocenters. The van der Waals surface area contributed by atoms with Gasteiger partial charge in [0.25, 0.3) is 5.56 Å². The van der Waals surface area contributed by atoms with Crippen LogP contribution < -0.4 is 10.5 Å². The number of fused-ring (bicyclic) bond motifs is 1. The van der Waals surface area contributed by atoms with Crippen molar-refractivity contribution in [2.45, 2.75) is 18.7 Å². The Morgan fingerprint density at radius 2 is 1.86 bits per heavy atom. The van der Waals surface area contributed by atoms with Crippen LogP contribution in [0.1, 0.15) is 22.8 Å². The number of nitrogens with zero attached hydrogens (tertiary/aromatic N) is 4. The third-order valence-electron chi connectivity index (χ3n) is 4.66. The average molecular weight is 406 g/mol. The molecule has 0 bridgehead atoms. The molecule has 0 radical (unpaired) electrons. The van der Waals surface area contributed by atoms with Crippen molar-refractivity contribution in [3.05, 3.63) is 75.8 Å². The molecule has 3 aromatic rings. The molecule has 6 nitrogen and oxygen atoms in total. The predicted molar refractivity (Wildman–Crippen MR) is 108 cm³/mol. The number of rotatable bonds is 3. The van der Waals surface area contributed by atoms with Gasteiger partial charge in [0.2, 0.25) is 0 Å². The quantitative estimate of drug-likeness (QED) is 0.488. The summed E-state index contributed by atoms with van der Waals surface area (Å²) >= 11 is 1.37. The van der Waals surface area contributed by atoms with Gasteiger partial charge >= 0.3 is 0 Å². The van der Waals surface area contributed by atoms with E-state index in [0.29, 0.717) is 22.2 Å². The van der Waals surface area contributed by atoms with Crippen LogP contribution in [0.15, 0.2) is 58.5 Å². The zero-order valence-corrected chi connectivity index (χ0v) is 16.2. The molecule has 8 heteroatoms. The molecule has 0 spiro atoms. The molecule has 1 aromatic heterocycles. The molecule has 4 rings (SSSR count). The van der Waals surface area contributed by atoms with Crippen LogP contribution in [0.5, 0.6) is 0 Å². The topological polar surface area (TPSA) is 79.0 Å². The standard InChI is InChI=1S/C21H15FN4O2S/c1-13(27)14-4-8-17(9-5-14)25-11-26-20(28)18(10-23)19(24-21(26)29-12-25)15-2-6-16(22)7-3-15/h2-9H,11-12H2,1H3. The summed E-state index contributed by atoms with van der Waals surface area (Å²) in [4.78, 5) is 30.9. The number of thioether (sulfide) groups is 1. The molecule has 0 N–H and O–H groups in total. The molecular weight excluding hydrogens is 391 g/mol. The molecule has 2 aromatic carbocycles. The molecule has 0 fully saturated rings. The van der Waals surface area contributed by atoms with E-state index in [4.69, 9.17) is 0 Å². The number of carbonyl (C=O) groups is 1. The first-order chi connectivity index (χ1) is 14.0. The van der Waals surface area contributed by atoms with E-state index in [1.807, 2.05) is 23.1 Å². The minimum absolute atomic E-state index is 0.0117. The summed E-state index contributed by atoms with van der Waals surface area (Å²) < 4.78 is 14.7. The Kier molecular flexibility index (Phi) is 4.91. The number of hydrogen-bond acceptors (Lipinski definition) is 6. The van der Waals surface area contributed by atoms with E-state index >= 15 is 0 Å². The van der Waals surface area contributed by atoms with E-state index in [1.165, 1.54) is 47.5 Å². The largest absolute Gasteiger partial charge is 0.343 e. The van der Waals surface area contributed by atoms with E-state index < -0.39 is 11.4 Å². The second-order valence-electron chi connectivity index (χ2n) is 6.53.